The number of carbonyl (C=O) groups is 1. The first-order chi connectivity index (χ1) is 5.35. The molecule has 0 aliphatic carbocycles. The van der Waals surface area contributed by atoms with E-state index in [1.165, 1.54) is 0 Å². The van der Waals surface area contributed by atoms with Gasteiger partial charge in [0, 0.05) is 0 Å². The molecule has 1 aromatic carbocycles. The molecule has 0 spiro atoms. The van der Waals surface area contributed by atoms with E-state index in [4.69, 9.17) is 16.5 Å². The van der Waals surface area contributed by atoms with E-state index in [2.05, 4.69) is 0 Å². The minimum atomic E-state index is -0.250. The minimum Gasteiger partial charge on any atom is -0.483 e. The molecule has 1 aromatic rings. The third-order valence-corrected chi connectivity index (χ3v) is 0.992. The monoisotopic (exact) mass is 156 g/mol. The van der Waals surface area contributed by atoms with Gasteiger partial charge in [-0.3, -0.25) is 11.4 Å². The summed E-state index contributed by atoms with van der Waals surface area (Å²) in [5, 5.41) is 6.89. The Morgan fingerprint density at radius 2 is 1.67 bits per heavy atom. The standard InChI is InChI=1S/C8H7.CH2O2.Li/c1-2-8-6-4-3-5-7-8;2-1-3;/h1-7H;1H,(H,2,3);/q-1;;+1. The van der Waals surface area contributed by atoms with Crippen molar-refractivity contribution in [2.24, 2.45) is 0 Å². The molecule has 58 valence electrons. The van der Waals surface area contributed by atoms with Crippen molar-refractivity contribution in [1.29, 1.82) is 0 Å². The van der Waals surface area contributed by atoms with Gasteiger partial charge in [0.2, 0.25) is 0 Å². The molecular formula is C9H9LiO2. The second-order valence-electron chi connectivity index (χ2n) is 1.68. The Morgan fingerprint density at radius 1 is 1.25 bits per heavy atom. The molecule has 0 aliphatic heterocycles. The van der Waals surface area contributed by atoms with E-state index in [9.17, 15) is 0 Å². The van der Waals surface area contributed by atoms with Crippen LogP contribution in [0.5, 0.6) is 0 Å². The van der Waals surface area contributed by atoms with Crippen LogP contribution >= 0.6 is 0 Å². The number of rotatable bonds is 1. The predicted octanol–water partition coefficient (Wildman–Crippen LogP) is -1.16. The summed E-state index contributed by atoms with van der Waals surface area (Å²) in [6.45, 7) is 4.97. The van der Waals surface area contributed by atoms with Gasteiger partial charge in [-0.05, 0) is 0 Å². The van der Waals surface area contributed by atoms with E-state index in [1.54, 1.807) is 6.08 Å². The Hall–Kier alpha value is -0.973. The van der Waals surface area contributed by atoms with Gasteiger partial charge in [-0.25, -0.2) is 6.08 Å². The minimum absolute atomic E-state index is 0. The van der Waals surface area contributed by atoms with Gasteiger partial charge in [0.15, 0.2) is 0 Å². The second-order valence-corrected chi connectivity index (χ2v) is 1.68. The Morgan fingerprint density at radius 3 is 1.92 bits per heavy atom. The quantitative estimate of drug-likeness (QED) is 0.316. The van der Waals surface area contributed by atoms with Gasteiger partial charge >= 0.3 is 18.9 Å². The molecule has 0 amide bonds. The SMILES string of the molecule is O=CO.[CH-]=Cc1ccccc1.[Li+]. The maximum absolute atomic E-state index is 8.36. The van der Waals surface area contributed by atoms with Crippen LogP contribution in [0, 0.1) is 6.58 Å². The molecule has 1 N–H and O–H groups in total. The topological polar surface area (TPSA) is 37.3 Å². The number of carboxylic acid groups (broad SMARTS) is 1. The fourth-order valence-corrected chi connectivity index (χ4v) is 0.564. The fraction of sp³-hybridized carbons (Fsp3) is 0. The molecule has 0 heterocycles. The summed E-state index contributed by atoms with van der Waals surface area (Å²) in [5.74, 6) is 0. The van der Waals surface area contributed by atoms with Crippen LogP contribution in [0.15, 0.2) is 30.3 Å². The average Bonchev–Trinajstić information content (AvgIpc) is 2.08. The molecule has 1 rings (SSSR count). The average molecular weight is 156 g/mol. The Balaban J connectivity index is 0. The summed E-state index contributed by atoms with van der Waals surface area (Å²) in [7, 11) is 0. The molecule has 0 saturated carbocycles. The molecule has 0 saturated heterocycles. The molecule has 0 atom stereocenters. The van der Waals surface area contributed by atoms with E-state index in [0.717, 1.165) is 5.56 Å². The van der Waals surface area contributed by atoms with Gasteiger partial charge in [-0.1, -0.05) is 18.2 Å². The summed E-state index contributed by atoms with van der Waals surface area (Å²) in [5.41, 5.74) is 1.06. The van der Waals surface area contributed by atoms with E-state index >= 15 is 0 Å². The first-order valence-corrected chi connectivity index (χ1v) is 3.03. The van der Waals surface area contributed by atoms with Crippen LogP contribution in [-0.4, -0.2) is 11.6 Å². The van der Waals surface area contributed by atoms with Crippen molar-refractivity contribution < 1.29 is 28.8 Å². The molecule has 0 aromatic heterocycles. The molecule has 12 heavy (non-hydrogen) atoms. The van der Waals surface area contributed by atoms with Crippen molar-refractivity contribution >= 4 is 12.5 Å². The van der Waals surface area contributed by atoms with Gasteiger partial charge in [-0.2, -0.15) is 5.56 Å². The van der Waals surface area contributed by atoms with Crippen LogP contribution in [0.2, 0.25) is 0 Å². The van der Waals surface area contributed by atoms with Crippen LogP contribution in [0.3, 0.4) is 0 Å². The van der Waals surface area contributed by atoms with Gasteiger partial charge in [0.05, 0.1) is 0 Å². The van der Waals surface area contributed by atoms with Crippen molar-refractivity contribution in [2.75, 3.05) is 0 Å². The number of benzene rings is 1. The van der Waals surface area contributed by atoms with Crippen molar-refractivity contribution in [3.8, 4) is 0 Å². The van der Waals surface area contributed by atoms with Crippen molar-refractivity contribution in [1.82, 2.24) is 0 Å². The largest absolute Gasteiger partial charge is 1.00 e. The summed E-state index contributed by atoms with van der Waals surface area (Å²) in [6.07, 6.45) is 1.58. The van der Waals surface area contributed by atoms with Crippen molar-refractivity contribution in [3.63, 3.8) is 0 Å². The normalized spacial score (nSPS) is 6.67. The zero-order chi connectivity index (χ0) is 8.53. The summed E-state index contributed by atoms with van der Waals surface area (Å²) in [6, 6.07) is 9.80. The Bertz CT molecular complexity index is 209. The molecule has 0 aliphatic rings. The third kappa shape index (κ3) is 7.14. The van der Waals surface area contributed by atoms with Crippen LogP contribution < -0.4 is 18.9 Å². The smallest absolute Gasteiger partial charge is 0.483 e. The summed E-state index contributed by atoms with van der Waals surface area (Å²) >= 11 is 0. The third-order valence-electron chi connectivity index (χ3n) is 0.992. The summed E-state index contributed by atoms with van der Waals surface area (Å²) in [4.78, 5) is 8.36. The molecule has 3 heteroatoms. The van der Waals surface area contributed by atoms with E-state index < -0.39 is 0 Å². The van der Waals surface area contributed by atoms with E-state index in [1.807, 2.05) is 30.3 Å². The van der Waals surface area contributed by atoms with Crippen LogP contribution in [0.4, 0.5) is 0 Å². The first kappa shape index (κ1) is 13.6. The van der Waals surface area contributed by atoms with Crippen LogP contribution in [-0.2, 0) is 4.79 Å². The predicted molar refractivity (Wildman–Crippen MR) is 43.9 cm³/mol. The van der Waals surface area contributed by atoms with Crippen LogP contribution in [0.25, 0.3) is 6.08 Å². The summed E-state index contributed by atoms with van der Waals surface area (Å²) < 4.78 is 0. The zero-order valence-corrected chi connectivity index (χ0v) is 6.97. The first-order valence-electron chi connectivity index (χ1n) is 3.03. The second kappa shape index (κ2) is 10.0. The molecule has 0 unspecified atom stereocenters. The number of hydrogen-bond acceptors (Lipinski definition) is 1. The number of hydrogen-bond donors (Lipinski definition) is 1. The van der Waals surface area contributed by atoms with Gasteiger partial charge < -0.3 is 5.11 Å². The molecular weight excluding hydrogens is 147 g/mol. The maximum Gasteiger partial charge on any atom is 1.00 e. The van der Waals surface area contributed by atoms with Crippen molar-refractivity contribution in [3.05, 3.63) is 42.5 Å². The van der Waals surface area contributed by atoms with E-state index in [0.29, 0.717) is 0 Å². The molecule has 2 nitrogen and oxygen atoms in total. The molecule has 0 bridgehead atoms. The maximum atomic E-state index is 8.36. The zero-order valence-electron chi connectivity index (χ0n) is 6.97. The van der Waals surface area contributed by atoms with Crippen molar-refractivity contribution in [2.45, 2.75) is 0 Å². The van der Waals surface area contributed by atoms with Crippen LogP contribution in [0.1, 0.15) is 5.56 Å². The van der Waals surface area contributed by atoms with E-state index in [-0.39, 0.29) is 25.3 Å². The Kier molecular flexibility index (Phi) is 11.4. The molecule has 0 fully saturated rings. The van der Waals surface area contributed by atoms with Gasteiger partial charge in [0.25, 0.3) is 6.47 Å². The van der Waals surface area contributed by atoms with Gasteiger partial charge in [-0.15, -0.1) is 12.1 Å². The Labute approximate surface area is 84.1 Å². The fourth-order valence-electron chi connectivity index (χ4n) is 0.564. The molecule has 0 radical (unpaired) electrons. The van der Waals surface area contributed by atoms with Gasteiger partial charge in [0.1, 0.15) is 0 Å².